The van der Waals surface area contributed by atoms with Gasteiger partial charge in [0.25, 0.3) is 0 Å². The Morgan fingerprint density at radius 2 is 0.885 bits per heavy atom. The Balaban J connectivity index is 1.13. The summed E-state index contributed by atoms with van der Waals surface area (Å²) in [4.78, 5) is 2.29. The maximum atomic E-state index is 6.88. The van der Waals surface area contributed by atoms with Crippen molar-refractivity contribution in [3.8, 4) is 11.1 Å². The van der Waals surface area contributed by atoms with Crippen LogP contribution in [0.15, 0.2) is 197 Å². The lowest BCUT2D eigenvalue weighted by Crippen LogP contribution is -2.28. The predicted molar refractivity (Wildman–Crippen MR) is 213 cm³/mol. The van der Waals surface area contributed by atoms with E-state index in [1.165, 1.54) is 33.4 Å². The number of hydrogen-bond donors (Lipinski definition) is 0. The van der Waals surface area contributed by atoms with Crippen molar-refractivity contribution in [3.05, 3.63) is 210 Å². The van der Waals surface area contributed by atoms with Gasteiger partial charge in [0.2, 0.25) is 0 Å². The Hall–Kier alpha value is -6.84. The summed E-state index contributed by atoms with van der Waals surface area (Å²) in [6.07, 6.45) is 0. The van der Waals surface area contributed by atoms with Gasteiger partial charge in [-0.1, -0.05) is 121 Å². The Bertz CT molecular complexity index is 2920. The number of furan rings is 2. The molecule has 0 saturated carbocycles. The van der Waals surface area contributed by atoms with E-state index in [4.69, 9.17) is 8.83 Å². The molecule has 0 amide bonds. The lowest BCUT2D eigenvalue weighted by Gasteiger charge is -2.33. The van der Waals surface area contributed by atoms with Crippen molar-refractivity contribution in [3.63, 3.8) is 0 Å². The molecule has 0 unspecified atom stereocenters. The maximum Gasteiger partial charge on any atom is 0.137 e. The normalized spacial score (nSPS) is 13.2. The lowest BCUT2D eigenvalue weighted by molar-refractivity contribution is 0.666. The van der Waals surface area contributed by atoms with Gasteiger partial charge in [0.1, 0.15) is 22.3 Å². The van der Waals surface area contributed by atoms with Gasteiger partial charge in [0.05, 0.1) is 5.41 Å². The van der Waals surface area contributed by atoms with Crippen LogP contribution in [0.4, 0.5) is 17.1 Å². The molecule has 0 bridgehead atoms. The minimum atomic E-state index is -0.479. The fourth-order valence-corrected chi connectivity index (χ4v) is 8.72. The average molecular weight is 666 g/mol. The fraction of sp³-hybridized carbons (Fsp3) is 0.0204. The molecule has 3 heteroatoms. The van der Waals surface area contributed by atoms with Gasteiger partial charge in [-0.15, -0.1) is 0 Å². The van der Waals surface area contributed by atoms with E-state index in [-0.39, 0.29) is 0 Å². The van der Waals surface area contributed by atoms with Gasteiger partial charge >= 0.3 is 0 Å². The van der Waals surface area contributed by atoms with Gasteiger partial charge in [-0.05, 0) is 94.0 Å². The minimum Gasteiger partial charge on any atom is -0.456 e. The van der Waals surface area contributed by atoms with Crippen molar-refractivity contribution in [2.24, 2.45) is 0 Å². The van der Waals surface area contributed by atoms with E-state index in [1.54, 1.807) is 0 Å². The Labute approximate surface area is 300 Å². The molecule has 11 rings (SSSR count). The molecule has 10 aromatic rings. The first-order valence-electron chi connectivity index (χ1n) is 17.8. The third-order valence-electron chi connectivity index (χ3n) is 10.9. The summed E-state index contributed by atoms with van der Waals surface area (Å²) in [5, 5.41) is 4.41. The largest absolute Gasteiger partial charge is 0.456 e. The summed E-state index contributed by atoms with van der Waals surface area (Å²) < 4.78 is 13.1. The zero-order valence-electron chi connectivity index (χ0n) is 28.2. The molecule has 52 heavy (non-hydrogen) atoms. The lowest BCUT2D eigenvalue weighted by atomic mass is 9.67. The Kier molecular flexibility index (Phi) is 6.17. The first-order chi connectivity index (χ1) is 25.8. The van der Waals surface area contributed by atoms with Crippen molar-refractivity contribution >= 4 is 60.9 Å². The molecular weight excluding hydrogens is 635 g/mol. The number of nitrogens with zero attached hydrogens (tertiary/aromatic N) is 1. The van der Waals surface area contributed by atoms with Gasteiger partial charge in [0.15, 0.2) is 0 Å². The van der Waals surface area contributed by atoms with Crippen LogP contribution in [-0.2, 0) is 5.41 Å². The molecule has 8 aromatic carbocycles. The van der Waals surface area contributed by atoms with Crippen molar-refractivity contribution in [1.82, 2.24) is 0 Å². The van der Waals surface area contributed by atoms with Gasteiger partial charge < -0.3 is 13.7 Å². The summed E-state index contributed by atoms with van der Waals surface area (Å²) in [7, 11) is 0. The van der Waals surface area contributed by atoms with Crippen LogP contribution in [0.25, 0.3) is 55.0 Å². The number of hydrogen-bond acceptors (Lipinski definition) is 3. The molecule has 1 aliphatic rings. The number of anilines is 3. The molecule has 0 radical (unpaired) electrons. The number of benzene rings is 8. The molecule has 2 aromatic heterocycles. The van der Waals surface area contributed by atoms with Gasteiger partial charge in [-0.2, -0.15) is 0 Å². The third-order valence-corrected chi connectivity index (χ3v) is 10.9. The van der Waals surface area contributed by atoms with Crippen molar-refractivity contribution in [2.75, 3.05) is 4.90 Å². The number of fused-ring (bicyclic) bond motifs is 9. The first-order valence-corrected chi connectivity index (χ1v) is 17.8. The predicted octanol–water partition coefficient (Wildman–Crippen LogP) is 13.3. The maximum absolute atomic E-state index is 6.88. The monoisotopic (exact) mass is 665 g/mol. The molecule has 0 atom stereocenters. The second-order valence-electron chi connectivity index (χ2n) is 13.7. The van der Waals surface area contributed by atoms with Gasteiger partial charge in [0, 0.05) is 44.7 Å². The van der Waals surface area contributed by atoms with Crippen LogP contribution in [-0.4, -0.2) is 0 Å². The van der Waals surface area contributed by atoms with Crippen molar-refractivity contribution in [2.45, 2.75) is 5.41 Å². The second kappa shape index (κ2) is 11.1. The van der Waals surface area contributed by atoms with E-state index in [1.807, 2.05) is 12.1 Å². The van der Waals surface area contributed by atoms with E-state index < -0.39 is 5.41 Å². The molecule has 0 spiro atoms. The highest BCUT2D eigenvalue weighted by Crippen LogP contribution is 2.57. The first kappa shape index (κ1) is 28.9. The van der Waals surface area contributed by atoms with Crippen LogP contribution in [0.3, 0.4) is 0 Å². The highest BCUT2D eigenvalue weighted by atomic mass is 16.3. The van der Waals surface area contributed by atoms with Crippen LogP contribution in [0.2, 0.25) is 0 Å². The summed E-state index contributed by atoms with van der Waals surface area (Å²) in [6, 6.07) is 67.1. The van der Waals surface area contributed by atoms with Crippen molar-refractivity contribution < 1.29 is 8.83 Å². The van der Waals surface area contributed by atoms with E-state index in [2.05, 4.69) is 181 Å². The van der Waals surface area contributed by atoms with E-state index in [0.717, 1.165) is 60.9 Å². The number of para-hydroxylation sites is 2. The quantitative estimate of drug-likeness (QED) is 0.183. The summed E-state index contributed by atoms with van der Waals surface area (Å²) >= 11 is 0. The minimum absolute atomic E-state index is 0.479. The molecule has 1 aliphatic carbocycles. The molecule has 2 heterocycles. The van der Waals surface area contributed by atoms with E-state index in [9.17, 15) is 0 Å². The van der Waals surface area contributed by atoms with Crippen LogP contribution in [0.5, 0.6) is 0 Å². The fourth-order valence-electron chi connectivity index (χ4n) is 8.72. The molecule has 0 fully saturated rings. The molecule has 0 aliphatic heterocycles. The molecular formula is C49H31NO2. The highest BCUT2D eigenvalue weighted by molar-refractivity contribution is 6.10. The summed E-state index contributed by atoms with van der Waals surface area (Å²) in [6.45, 7) is 0. The SMILES string of the molecule is c1ccc(N(c2ccc3c(c2)oc2cc4c(cc23)-c2ccccc2C4(c2ccccc2)c2ccccc2)c2ccc3oc4ccccc4c3c2)cc1. The summed E-state index contributed by atoms with van der Waals surface area (Å²) in [5.41, 5.74) is 13.7. The Morgan fingerprint density at radius 1 is 0.327 bits per heavy atom. The zero-order chi connectivity index (χ0) is 34.2. The van der Waals surface area contributed by atoms with Gasteiger partial charge in [-0.25, -0.2) is 0 Å². The van der Waals surface area contributed by atoms with E-state index in [0.29, 0.717) is 0 Å². The molecule has 0 saturated heterocycles. The average Bonchev–Trinajstić information content (AvgIpc) is 3.86. The highest BCUT2D eigenvalue weighted by Gasteiger charge is 2.46. The summed E-state index contributed by atoms with van der Waals surface area (Å²) in [5.74, 6) is 0. The standard InChI is InChI=1S/C49H31NO2/c1-4-14-32(15-5-1)49(33-16-6-2-7-17-33)43-22-12-10-20-37(43)40-30-42-39-26-24-36(29-47(39)52-48(42)31-44(40)49)50(34-18-8-3-9-19-34)35-25-27-46-41(28-35)38-21-11-13-23-45(38)51-46/h1-31H. The van der Waals surface area contributed by atoms with Crippen LogP contribution >= 0.6 is 0 Å². The zero-order valence-corrected chi connectivity index (χ0v) is 28.2. The molecule has 3 nitrogen and oxygen atoms in total. The van der Waals surface area contributed by atoms with Crippen LogP contribution < -0.4 is 4.90 Å². The smallest absolute Gasteiger partial charge is 0.137 e. The number of rotatable bonds is 5. The van der Waals surface area contributed by atoms with E-state index >= 15 is 0 Å². The van der Waals surface area contributed by atoms with Crippen molar-refractivity contribution in [1.29, 1.82) is 0 Å². The Morgan fingerprint density at radius 3 is 1.67 bits per heavy atom. The third kappa shape index (κ3) is 4.08. The van der Waals surface area contributed by atoms with Gasteiger partial charge in [-0.3, -0.25) is 0 Å². The molecule has 244 valence electrons. The van der Waals surface area contributed by atoms with Crippen LogP contribution in [0, 0.1) is 0 Å². The second-order valence-corrected chi connectivity index (χ2v) is 13.7. The molecule has 0 N–H and O–H groups in total. The topological polar surface area (TPSA) is 29.5 Å². The van der Waals surface area contributed by atoms with Crippen LogP contribution in [0.1, 0.15) is 22.3 Å².